The van der Waals surface area contributed by atoms with E-state index in [1.165, 1.54) is 11.4 Å². The van der Waals surface area contributed by atoms with Crippen LogP contribution in [0.1, 0.15) is 5.56 Å². The first-order chi connectivity index (χ1) is 8.99. The molecule has 0 spiro atoms. The molecule has 0 atom stereocenters. The van der Waals surface area contributed by atoms with Crippen molar-refractivity contribution >= 4 is 22.0 Å². The SMILES string of the molecule is O=[N+]([O-])c1cc(CNc2ccc(F)c(F)c2F)cs1. The van der Waals surface area contributed by atoms with Gasteiger partial charge in [-0.3, -0.25) is 10.1 Å². The molecule has 0 unspecified atom stereocenters. The van der Waals surface area contributed by atoms with Crippen molar-refractivity contribution in [3.63, 3.8) is 0 Å². The highest BCUT2D eigenvalue weighted by Gasteiger charge is 2.14. The fraction of sp³-hybridized carbons (Fsp3) is 0.0909. The Morgan fingerprint density at radius 1 is 1.26 bits per heavy atom. The molecule has 1 aromatic carbocycles. The molecule has 0 amide bonds. The zero-order valence-corrected chi connectivity index (χ0v) is 10.1. The minimum atomic E-state index is -1.55. The molecule has 0 aliphatic carbocycles. The molecule has 1 heterocycles. The van der Waals surface area contributed by atoms with Gasteiger partial charge in [-0.2, -0.15) is 0 Å². The zero-order valence-electron chi connectivity index (χ0n) is 9.32. The van der Waals surface area contributed by atoms with E-state index >= 15 is 0 Å². The summed E-state index contributed by atoms with van der Waals surface area (Å²) in [6, 6.07) is 3.20. The van der Waals surface area contributed by atoms with Gasteiger partial charge in [-0.25, -0.2) is 13.2 Å². The second-order valence-corrected chi connectivity index (χ2v) is 4.52. The summed E-state index contributed by atoms with van der Waals surface area (Å²) in [7, 11) is 0. The summed E-state index contributed by atoms with van der Waals surface area (Å²) >= 11 is 0.936. The van der Waals surface area contributed by atoms with Crippen molar-refractivity contribution in [3.05, 3.63) is 56.7 Å². The Hall–Kier alpha value is -2.09. The average molecular weight is 288 g/mol. The molecule has 2 aromatic rings. The van der Waals surface area contributed by atoms with E-state index in [1.807, 2.05) is 0 Å². The van der Waals surface area contributed by atoms with E-state index in [9.17, 15) is 23.3 Å². The number of hydrogen-bond acceptors (Lipinski definition) is 4. The smallest absolute Gasteiger partial charge is 0.324 e. The lowest BCUT2D eigenvalue weighted by Crippen LogP contribution is -2.03. The van der Waals surface area contributed by atoms with Crippen LogP contribution in [0, 0.1) is 27.6 Å². The number of hydrogen-bond donors (Lipinski definition) is 1. The number of nitro groups is 1. The number of rotatable bonds is 4. The largest absolute Gasteiger partial charge is 0.378 e. The standard InChI is InChI=1S/C11H7F3N2O2S/c12-7-1-2-8(11(14)10(7)13)15-4-6-3-9(16(17)18)19-5-6/h1-3,5,15H,4H2. The molecule has 0 aliphatic rings. The second-order valence-electron chi connectivity index (χ2n) is 3.63. The normalized spacial score (nSPS) is 10.5. The monoisotopic (exact) mass is 288 g/mol. The van der Waals surface area contributed by atoms with Crippen molar-refractivity contribution in [2.45, 2.75) is 6.54 Å². The molecular formula is C11H7F3N2O2S. The van der Waals surface area contributed by atoms with Crippen LogP contribution < -0.4 is 5.32 Å². The molecule has 100 valence electrons. The van der Waals surface area contributed by atoms with Crippen molar-refractivity contribution in [2.75, 3.05) is 5.32 Å². The zero-order chi connectivity index (χ0) is 14.0. The van der Waals surface area contributed by atoms with Crippen LogP contribution >= 0.6 is 11.3 Å². The third-order valence-corrected chi connectivity index (χ3v) is 3.27. The fourth-order valence-electron chi connectivity index (χ4n) is 1.41. The van der Waals surface area contributed by atoms with Crippen molar-refractivity contribution in [3.8, 4) is 0 Å². The number of benzene rings is 1. The van der Waals surface area contributed by atoms with Crippen molar-refractivity contribution < 1.29 is 18.1 Å². The lowest BCUT2D eigenvalue weighted by atomic mass is 10.2. The van der Waals surface area contributed by atoms with E-state index in [-0.39, 0.29) is 17.2 Å². The Morgan fingerprint density at radius 3 is 2.63 bits per heavy atom. The Bertz CT molecular complexity index is 630. The Balaban J connectivity index is 2.10. The van der Waals surface area contributed by atoms with Crippen molar-refractivity contribution in [2.24, 2.45) is 0 Å². The lowest BCUT2D eigenvalue weighted by Gasteiger charge is -2.06. The van der Waals surface area contributed by atoms with E-state index in [0.29, 0.717) is 5.56 Å². The molecule has 0 radical (unpaired) electrons. The van der Waals surface area contributed by atoms with Crippen LogP contribution in [-0.2, 0) is 6.54 Å². The quantitative estimate of drug-likeness (QED) is 0.530. The van der Waals surface area contributed by atoms with Crippen LogP contribution in [0.25, 0.3) is 0 Å². The van der Waals surface area contributed by atoms with Gasteiger partial charge in [-0.15, -0.1) is 0 Å². The highest BCUT2D eigenvalue weighted by molar-refractivity contribution is 7.13. The van der Waals surface area contributed by atoms with Gasteiger partial charge in [0.25, 0.3) is 0 Å². The van der Waals surface area contributed by atoms with Gasteiger partial charge in [0.2, 0.25) is 0 Å². The molecule has 0 bridgehead atoms. The van der Waals surface area contributed by atoms with Crippen LogP contribution in [0.4, 0.5) is 23.9 Å². The molecule has 0 aliphatic heterocycles. The minimum absolute atomic E-state index is 0.0393. The molecule has 0 fully saturated rings. The van der Waals surface area contributed by atoms with E-state index in [2.05, 4.69) is 5.32 Å². The van der Waals surface area contributed by atoms with Gasteiger partial charge < -0.3 is 5.32 Å². The maximum atomic E-state index is 13.3. The first-order valence-electron chi connectivity index (χ1n) is 5.08. The summed E-state index contributed by atoms with van der Waals surface area (Å²) in [6.45, 7) is 0.0757. The summed E-state index contributed by atoms with van der Waals surface area (Å²) in [5.74, 6) is -4.14. The number of nitrogens with zero attached hydrogens (tertiary/aromatic N) is 1. The van der Waals surface area contributed by atoms with Crippen LogP contribution in [0.2, 0.25) is 0 Å². The summed E-state index contributed by atoms with van der Waals surface area (Å²) in [4.78, 5) is 9.93. The van der Waals surface area contributed by atoms with Gasteiger partial charge in [0.1, 0.15) is 0 Å². The fourth-order valence-corrected chi connectivity index (χ4v) is 2.14. The minimum Gasteiger partial charge on any atom is -0.378 e. The Kier molecular flexibility index (Phi) is 3.70. The van der Waals surface area contributed by atoms with Gasteiger partial charge >= 0.3 is 5.00 Å². The Labute approximate surface area is 109 Å². The molecule has 0 saturated carbocycles. The topological polar surface area (TPSA) is 55.2 Å². The van der Waals surface area contributed by atoms with E-state index in [0.717, 1.165) is 23.5 Å². The maximum Gasteiger partial charge on any atom is 0.324 e. The number of anilines is 1. The highest BCUT2D eigenvalue weighted by Crippen LogP contribution is 2.24. The van der Waals surface area contributed by atoms with Gasteiger partial charge in [-0.05, 0) is 17.7 Å². The first-order valence-corrected chi connectivity index (χ1v) is 5.96. The summed E-state index contributed by atoms with van der Waals surface area (Å²) < 4.78 is 39.0. The van der Waals surface area contributed by atoms with Crippen LogP contribution in [0.15, 0.2) is 23.6 Å². The van der Waals surface area contributed by atoms with Gasteiger partial charge in [0.15, 0.2) is 17.5 Å². The third-order valence-electron chi connectivity index (χ3n) is 2.34. The molecule has 0 saturated heterocycles. The first kappa shape index (κ1) is 13.3. The predicted molar refractivity (Wildman–Crippen MR) is 64.6 cm³/mol. The van der Waals surface area contributed by atoms with Crippen molar-refractivity contribution in [1.82, 2.24) is 0 Å². The number of halogens is 3. The molecule has 19 heavy (non-hydrogen) atoms. The van der Waals surface area contributed by atoms with Crippen LogP contribution in [0.5, 0.6) is 0 Å². The maximum absolute atomic E-state index is 13.3. The number of nitrogens with one attached hydrogen (secondary N) is 1. The van der Waals surface area contributed by atoms with E-state index < -0.39 is 22.4 Å². The predicted octanol–water partition coefficient (Wildman–Crippen LogP) is 3.69. The third kappa shape index (κ3) is 2.84. The molecule has 1 N–H and O–H groups in total. The highest BCUT2D eigenvalue weighted by atomic mass is 32.1. The van der Waals surface area contributed by atoms with E-state index in [4.69, 9.17) is 0 Å². The lowest BCUT2D eigenvalue weighted by molar-refractivity contribution is -0.380. The second kappa shape index (κ2) is 5.27. The molecule has 1 aromatic heterocycles. The molecule has 8 heteroatoms. The Morgan fingerprint density at radius 2 is 2.00 bits per heavy atom. The van der Waals surface area contributed by atoms with Gasteiger partial charge in [-0.1, -0.05) is 11.3 Å². The summed E-state index contributed by atoms with van der Waals surface area (Å²) in [5.41, 5.74) is 0.355. The van der Waals surface area contributed by atoms with Gasteiger partial charge in [0.05, 0.1) is 10.6 Å². The van der Waals surface area contributed by atoms with Crippen LogP contribution in [-0.4, -0.2) is 4.92 Å². The number of thiophene rings is 1. The summed E-state index contributed by atoms with van der Waals surface area (Å²) in [6.07, 6.45) is 0. The van der Waals surface area contributed by atoms with Crippen molar-refractivity contribution in [1.29, 1.82) is 0 Å². The molecule has 2 rings (SSSR count). The van der Waals surface area contributed by atoms with Gasteiger partial charge in [0, 0.05) is 18.0 Å². The van der Waals surface area contributed by atoms with Crippen LogP contribution in [0.3, 0.4) is 0 Å². The average Bonchev–Trinajstić information content (AvgIpc) is 2.84. The van der Waals surface area contributed by atoms with E-state index in [1.54, 1.807) is 0 Å². The molecular weight excluding hydrogens is 281 g/mol. The summed E-state index contributed by atoms with van der Waals surface area (Å²) in [5, 5.41) is 14.5. The molecule has 4 nitrogen and oxygen atoms in total.